The summed E-state index contributed by atoms with van der Waals surface area (Å²) in [7, 11) is -2.01. The number of aliphatic hydroxyl groups is 1. The van der Waals surface area contributed by atoms with E-state index in [1.165, 1.54) is 26.9 Å². The maximum atomic E-state index is 13.0. The summed E-state index contributed by atoms with van der Waals surface area (Å²) >= 11 is 0. The Kier molecular flexibility index (Phi) is 4.52. The summed E-state index contributed by atoms with van der Waals surface area (Å²) in [6.45, 7) is -0.131. The number of hydrogen-bond donors (Lipinski definition) is 1. The first-order valence-corrected chi connectivity index (χ1v) is 9.17. The highest BCUT2D eigenvalue weighted by Gasteiger charge is 2.35. The van der Waals surface area contributed by atoms with Crippen LogP contribution in [0.5, 0.6) is 0 Å². The first kappa shape index (κ1) is 16.2. The van der Waals surface area contributed by atoms with Gasteiger partial charge in [0.05, 0.1) is 18.8 Å². The molecule has 0 saturated heterocycles. The number of aryl methyl sites for hydroxylation is 2. The second-order valence-electron chi connectivity index (χ2n) is 5.80. The lowest BCUT2D eigenvalue weighted by atomic mass is 9.88. The number of fused-ring (bicyclic) bond motifs is 1. The molecule has 23 heavy (non-hydrogen) atoms. The third-order valence-electron chi connectivity index (χ3n) is 4.29. The smallest absolute Gasteiger partial charge is 0.246 e. The van der Waals surface area contributed by atoms with Crippen molar-refractivity contribution < 1.29 is 13.5 Å². The molecule has 0 aliphatic heterocycles. The number of aliphatic hydroxyl groups excluding tert-OH is 1. The average molecular weight is 335 g/mol. The van der Waals surface area contributed by atoms with E-state index in [2.05, 4.69) is 11.2 Å². The molecular weight excluding hydrogens is 314 g/mol. The van der Waals surface area contributed by atoms with E-state index in [4.69, 9.17) is 0 Å². The zero-order valence-electron chi connectivity index (χ0n) is 13.1. The van der Waals surface area contributed by atoms with Crippen molar-refractivity contribution in [2.24, 2.45) is 7.05 Å². The summed E-state index contributed by atoms with van der Waals surface area (Å²) in [6.07, 6.45) is 5.51. The highest BCUT2D eigenvalue weighted by atomic mass is 32.2. The first-order chi connectivity index (χ1) is 11.0. The number of aromatic nitrogens is 2. The Balaban J connectivity index is 2.03. The lowest BCUT2D eigenvalue weighted by Crippen LogP contribution is -2.38. The fourth-order valence-electron chi connectivity index (χ4n) is 3.24. The number of sulfonamides is 1. The van der Waals surface area contributed by atoms with E-state index < -0.39 is 10.0 Å². The van der Waals surface area contributed by atoms with E-state index in [1.54, 1.807) is 7.05 Å². The Bertz CT molecular complexity index is 785. The van der Waals surface area contributed by atoms with Gasteiger partial charge in [0.15, 0.2) is 0 Å². The molecule has 1 atom stereocenters. The van der Waals surface area contributed by atoms with Crippen molar-refractivity contribution in [1.29, 1.82) is 0 Å². The third-order valence-corrected chi connectivity index (χ3v) is 6.15. The molecule has 0 amide bonds. The van der Waals surface area contributed by atoms with Gasteiger partial charge >= 0.3 is 0 Å². The van der Waals surface area contributed by atoms with Crippen molar-refractivity contribution in [3.05, 3.63) is 47.8 Å². The normalized spacial score (nSPS) is 18.1. The molecule has 0 radical (unpaired) electrons. The molecule has 6 nitrogen and oxygen atoms in total. The van der Waals surface area contributed by atoms with Crippen molar-refractivity contribution in [2.75, 3.05) is 13.2 Å². The zero-order chi connectivity index (χ0) is 16.4. The van der Waals surface area contributed by atoms with Crippen LogP contribution in [0.1, 0.15) is 30.0 Å². The molecule has 1 unspecified atom stereocenters. The molecule has 3 rings (SSSR count). The van der Waals surface area contributed by atoms with Crippen LogP contribution >= 0.6 is 0 Å². The van der Waals surface area contributed by atoms with Crippen molar-refractivity contribution in [3.63, 3.8) is 0 Å². The van der Waals surface area contributed by atoms with Gasteiger partial charge in [0.2, 0.25) is 10.0 Å². The number of nitrogens with zero attached hydrogens (tertiary/aromatic N) is 3. The van der Waals surface area contributed by atoms with Crippen LogP contribution in [0.25, 0.3) is 0 Å². The Hall–Kier alpha value is -1.70. The van der Waals surface area contributed by atoms with Gasteiger partial charge in [0, 0.05) is 19.8 Å². The van der Waals surface area contributed by atoms with Crippen molar-refractivity contribution in [3.8, 4) is 0 Å². The first-order valence-electron chi connectivity index (χ1n) is 7.73. The van der Waals surface area contributed by atoms with Gasteiger partial charge in [-0.05, 0) is 30.4 Å². The van der Waals surface area contributed by atoms with Crippen LogP contribution in [0.3, 0.4) is 0 Å². The van der Waals surface area contributed by atoms with E-state index in [0.717, 1.165) is 24.8 Å². The fourth-order valence-corrected chi connectivity index (χ4v) is 4.85. The number of hydrogen-bond acceptors (Lipinski definition) is 4. The van der Waals surface area contributed by atoms with Gasteiger partial charge in [0.25, 0.3) is 0 Å². The highest BCUT2D eigenvalue weighted by molar-refractivity contribution is 7.89. The molecule has 0 spiro atoms. The second-order valence-corrected chi connectivity index (χ2v) is 7.69. The number of rotatable bonds is 5. The molecular formula is C16H21N3O3S. The molecule has 7 heteroatoms. The summed E-state index contributed by atoms with van der Waals surface area (Å²) in [4.78, 5) is 0.163. The van der Waals surface area contributed by atoms with Crippen LogP contribution in [0.4, 0.5) is 0 Å². The summed E-state index contributed by atoms with van der Waals surface area (Å²) < 4.78 is 28.9. The lowest BCUT2D eigenvalue weighted by molar-refractivity contribution is 0.215. The Labute approximate surface area is 136 Å². The summed E-state index contributed by atoms with van der Waals surface area (Å²) in [5.41, 5.74) is 2.23. The third kappa shape index (κ3) is 3.04. The fraction of sp³-hybridized carbons (Fsp3) is 0.438. The molecule has 2 aromatic rings. The quantitative estimate of drug-likeness (QED) is 0.898. The Morgan fingerprint density at radius 3 is 2.87 bits per heavy atom. The maximum Gasteiger partial charge on any atom is 0.246 e. The van der Waals surface area contributed by atoms with Gasteiger partial charge in [-0.2, -0.15) is 9.40 Å². The Morgan fingerprint density at radius 1 is 1.39 bits per heavy atom. The van der Waals surface area contributed by atoms with Crippen molar-refractivity contribution >= 4 is 10.0 Å². The minimum absolute atomic E-state index is 0.0796. The molecule has 1 aromatic carbocycles. The van der Waals surface area contributed by atoms with E-state index in [0.29, 0.717) is 0 Å². The van der Waals surface area contributed by atoms with Crippen LogP contribution in [0.2, 0.25) is 0 Å². The van der Waals surface area contributed by atoms with Crippen LogP contribution in [0, 0.1) is 0 Å². The predicted octanol–water partition coefficient (Wildman–Crippen LogP) is 1.48. The lowest BCUT2D eigenvalue weighted by Gasteiger charge is -2.34. The van der Waals surface area contributed by atoms with Crippen LogP contribution in [-0.2, 0) is 23.5 Å². The monoisotopic (exact) mass is 335 g/mol. The molecule has 1 N–H and O–H groups in total. The summed E-state index contributed by atoms with van der Waals surface area (Å²) in [5.74, 6) is 0. The minimum Gasteiger partial charge on any atom is -0.395 e. The van der Waals surface area contributed by atoms with Gasteiger partial charge in [0.1, 0.15) is 4.90 Å². The van der Waals surface area contributed by atoms with Crippen molar-refractivity contribution in [2.45, 2.75) is 30.2 Å². The molecule has 1 aromatic heterocycles. The zero-order valence-corrected chi connectivity index (χ0v) is 13.9. The van der Waals surface area contributed by atoms with Gasteiger partial charge < -0.3 is 5.11 Å². The SMILES string of the molecule is Cn1cc(S(=O)(=O)N(CCO)C2CCCc3ccccc32)cn1. The summed E-state index contributed by atoms with van der Waals surface area (Å²) in [5, 5.41) is 13.4. The molecule has 0 saturated carbocycles. The largest absolute Gasteiger partial charge is 0.395 e. The summed E-state index contributed by atoms with van der Waals surface area (Å²) in [6, 6.07) is 7.72. The van der Waals surface area contributed by atoms with Crippen molar-refractivity contribution in [1.82, 2.24) is 14.1 Å². The van der Waals surface area contributed by atoms with Crippen LogP contribution in [0.15, 0.2) is 41.6 Å². The standard InChI is InChI=1S/C16H21N3O3S/c1-18-12-14(11-17-18)23(21,22)19(9-10-20)16-8-4-6-13-5-2-3-7-15(13)16/h2-3,5,7,11-12,16,20H,4,6,8-10H2,1H3. The van der Waals surface area contributed by atoms with Gasteiger partial charge in [-0.25, -0.2) is 8.42 Å². The van der Waals surface area contributed by atoms with Crippen LogP contribution < -0.4 is 0 Å². The highest BCUT2D eigenvalue weighted by Crippen LogP contribution is 2.37. The molecule has 124 valence electrons. The molecule has 0 bridgehead atoms. The van der Waals surface area contributed by atoms with Gasteiger partial charge in [-0.1, -0.05) is 24.3 Å². The topological polar surface area (TPSA) is 75.4 Å². The Morgan fingerprint density at radius 2 is 2.17 bits per heavy atom. The minimum atomic E-state index is -3.69. The molecule has 0 fully saturated rings. The average Bonchev–Trinajstić information content (AvgIpc) is 2.99. The van der Waals surface area contributed by atoms with Crippen LogP contribution in [-0.4, -0.2) is 40.8 Å². The second kappa shape index (κ2) is 6.43. The van der Waals surface area contributed by atoms with E-state index in [1.807, 2.05) is 18.2 Å². The van der Waals surface area contributed by atoms with E-state index in [-0.39, 0.29) is 24.1 Å². The number of benzene rings is 1. The molecule has 1 heterocycles. The van der Waals surface area contributed by atoms with Gasteiger partial charge in [-0.15, -0.1) is 0 Å². The van der Waals surface area contributed by atoms with E-state index >= 15 is 0 Å². The maximum absolute atomic E-state index is 13.0. The van der Waals surface area contributed by atoms with Gasteiger partial charge in [-0.3, -0.25) is 4.68 Å². The predicted molar refractivity (Wildman–Crippen MR) is 86.3 cm³/mol. The molecule has 1 aliphatic rings. The van der Waals surface area contributed by atoms with E-state index in [9.17, 15) is 13.5 Å². The molecule has 1 aliphatic carbocycles.